The molecule has 0 atom stereocenters. The first-order valence-electron chi connectivity index (χ1n) is 9.51. The van der Waals surface area contributed by atoms with Crippen molar-refractivity contribution in [2.45, 2.75) is 11.6 Å². The van der Waals surface area contributed by atoms with E-state index in [-0.39, 0.29) is 17.3 Å². The highest BCUT2D eigenvalue weighted by atomic mass is 35.5. The highest BCUT2D eigenvalue weighted by Crippen LogP contribution is 2.25. The van der Waals surface area contributed by atoms with Gasteiger partial charge >= 0.3 is 0 Å². The van der Waals surface area contributed by atoms with Crippen LogP contribution in [0, 0.1) is 5.82 Å². The van der Waals surface area contributed by atoms with Crippen LogP contribution in [0.2, 0.25) is 5.02 Å². The van der Waals surface area contributed by atoms with Crippen molar-refractivity contribution in [2.24, 2.45) is 0 Å². The molecule has 1 aromatic heterocycles. The van der Waals surface area contributed by atoms with Gasteiger partial charge < -0.3 is 5.32 Å². The maximum atomic E-state index is 13.8. The normalized spacial score (nSPS) is 10.8. The first-order chi connectivity index (χ1) is 15.1. The van der Waals surface area contributed by atoms with Gasteiger partial charge in [-0.25, -0.2) is 4.39 Å². The molecule has 0 radical (unpaired) electrons. The van der Waals surface area contributed by atoms with Crippen LogP contribution < -0.4 is 5.32 Å². The Morgan fingerprint density at radius 2 is 1.68 bits per heavy atom. The Hall–Kier alpha value is -3.16. The minimum Gasteiger partial charge on any atom is -0.323 e. The van der Waals surface area contributed by atoms with Crippen LogP contribution in [-0.2, 0) is 11.2 Å². The SMILES string of the molecule is O=C(CSc1nnc(Cc2ccccc2)n1-c1ccc(Cl)cc1)Nc1ccccc1F. The van der Waals surface area contributed by atoms with E-state index < -0.39 is 5.82 Å². The van der Waals surface area contributed by atoms with Crippen LogP contribution in [0.3, 0.4) is 0 Å². The van der Waals surface area contributed by atoms with Crippen LogP contribution in [0.25, 0.3) is 5.69 Å². The molecule has 5 nitrogen and oxygen atoms in total. The number of benzene rings is 3. The molecule has 1 amide bonds. The summed E-state index contributed by atoms with van der Waals surface area (Å²) in [6.07, 6.45) is 0.582. The number of anilines is 1. The van der Waals surface area contributed by atoms with Crippen molar-refractivity contribution >= 4 is 35.0 Å². The number of nitrogens with zero attached hydrogens (tertiary/aromatic N) is 3. The van der Waals surface area contributed by atoms with Crippen LogP contribution in [0.1, 0.15) is 11.4 Å². The van der Waals surface area contributed by atoms with Crippen LogP contribution in [0.4, 0.5) is 10.1 Å². The van der Waals surface area contributed by atoms with Crippen molar-refractivity contribution in [1.29, 1.82) is 0 Å². The summed E-state index contributed by atoms with van der Waals surface area (Å²) in [5.74, 6) is -0.00277. The number of aromatic nitrogens is 3. The second-order valence-electron chi connectivity index (χ2n) is 6.69. The fraction of sp³-hybridized carbons (Fsp3) is 0.0870. The predicted octanol–water partition coefficient (Wildman–Crippen LogP) is 5.38. The number of hydrogen-bond acceptors (Lipinski definition) is 4. The van der Waals surface area contributed by atoms with Crippen molar-refractivity contribution in [3.63, 3.8) is 0 Å². The summed E-state index contributed by atoms with van der Waals surface area (Å²) in [6.45, 7) is 0. The average Bonchev–Trinajstić information content (AvgIpc) is 3.17. The number of amides is 1. The molecule has 8 heteroatoms. The molecular weight excluding hydrogens is 435 g/mol. The largest absolute Gasteiger partial charge is 0.323 e. The van der Waals surface area contributed by atoms with E-state index in [9.17, 15) is 9.18 Å². The summed E-state index contributed by atoms with van der Waals surface area (Å²) in [5.41, 5.74) is 2.09. The zero-order valence-corrected chi connectivity index (χ0v) is 17.9. The number of hydrogen-bond donors (Lipinski definition) is 1. The molecule has 0 aliphatic carbocycles. The molecule has 31 heavy (non-hydrogen) atoms. The Morgan fingerprint density at radius 1 is 0.968 bits per heavy atom. The van der Waals surface area contributed by atoms with Crippen molar-refractivity contribution in [2.75, 3.05) is 11.1 Å². The van der Waals surface area contributed by atoms with Gasteiger partial charge in [0.05, 0.1) is 11.4 Å². The van der Waals surface area contributed by atoms with E-state index in [1.807, 2.05) is 47.0 Å². The Kier molecular flexibility index (Phi) is 6.64. The summed E-state index contributed by atoms with van der Waals surface area (Å²) in [5, 5.41) is 12.4. The molecule has 4 aromatic rings. The lowest BCUT2D eigenvalue weighted by Gasteiger charge is -2.11. The molecule has 1 heterocycles. The second-order valence-corrected chi connectivity index (χ2v) is 8.07. The molecule has 4 rings (SSSR count). The van der Waals surface area contributed by atoms with E-state index >= 15 is 0 Å². The molecule has 0 saturated heterocycles. The van der Waals surface area contributed by atoms with Gasteiger partial charge in [-0.1, -0.05) is 65.8 Å². The average molecular weight is 453 g/mol. The minimum atomic E-state index is -0.477. The topological polar surface area (TPSA) is 59.8 Å². The Bertz CT molecular complexity index is 1180. The first-order valence-corrected chi connectivity index (χ1v) is 10.9. The molecule has 0 saturated carbocycles. The number of thioether (sulfide) groups is 1. The van der Waals surface area contributed by atoms with Crippen LogP contribution >= 0.6 is 23.4 Å². The number of halogens is 2. The summed E-state index contributed by atoms with van der Waals surface area (Å²) in [4.78, 5) is 12.4. The van der Waals surface area contributed by atoms with Gasteiger partial charge in [0.25, 0.3) is 0 Å². The van der Waals surface area contributed by atoms with Gasteiger partial charge in [-0.3, -0.25) is 9.36 Å². The van der Waals surface area contributed by atoms with E-state index in [0.29, 0.717) is 16.6 Å². The van der Waals surface area contributed by atoms with Crippen molar-refractivity contribution in [3.05, 3.63) is 101 Å². The first kappa shape index (κ1) is 21.1. The van der Waals surface area contributed by atoms with E-state index in [1.54, 1.807) is 24.3 Å². The zero-order chi connectivity index (χ0) is 21.6. The molecule has 0 aliphatic heterocycles. The third-order valence-electron chi connectivity index (χ3n) is 4.47. The van der Waals surface area contributed by atoms with Gasteiger partial charge in [-0.05, 0) is 42.0 Å². The van der Waals surface area contributed by atoms with Gasteiger partial charge in [0, 0.05) is 17.1 Å². The third-order valence-corrected chi connectivity index (χ3v) is 5.65. The summed E-state index contributed by atoms with van der Waals surface area (Å²) >= 11 is 7.28. The molecule has 0 bridgehead atoms. The molecule has 0 fully saturated rings. The number of nitrogens with one attached hydrogen (secondary N) is 1. The number of rotatable bonds is 7. The standard InChI is InChI=1S/C23H18ClFN4OS/c24-17-10-12-18(13-11-17)29-21(14-16-6-2-1-3-7-16)27-28-23(29)31-15-22(30)26-20-9-5-4-8-19(20)25/h1-13H,14-15H2,(H,26,30). The van der Waals surface area contributed by atoms with Gasteiger partial charge in [0.15, 0.2) is 5.16 Å². The van der Waals surface area contributed by atoms with Gasteiger partial charge in [-0.15, -0.1) is 10.2 Å². The van der Waals surface area contributed by atoms with Gasteiger partial charge in [0.1, 0.15) is 11.6 Å². The Balaban J connectivity index is 1.56. The summed E-state index contributed by atoms with van der Waals surface area (Å²) < 4.78 is 15.7. The third kappa shape index (κ3) is 5.31. The molecular formula is C23H18ClFN4OS. The number of para-hydroxylation sites is 1. The highest BCUT2D eigenvalue weighted by molar-refractivity contribution is 7.99. The summed E-state index contributed by atoms with van der Waals surface area (Å²) in [7, 11) is 0. The monoisotopic (exact) mass is 452 g/mol. The predicted molar refractivity (Wildman–Crippen MR) is 121 cm³/mol. The number of carbonyl (C=O) groups is 1. The van der Waals surface area contributed by atoms with Crippen LogP contribution in [0.5, 0.6) is 0 Å². The molecule has 0 unspecified atom stereocenters. The van der Waals surface area contributed by atoms with E-state index in [2.05, 4.69) is 15.5 Å². The smallest absolute Gasteiger partial charge is 0.234 e. The molecule has 0 spiro atoms. The lowest BCUT2D eigenvalue weighted by molar-refractivity contribution is -0.113. The van der Waals surface area contributed by atoms with Crippen LogP contribution in [0.15, 0.2) is 84.0 Å². The Morgan fingerprint density at radius 3 is 2.42 bits per heavy atom. The summed E-state index contributed by atoms with van der Waals surface area (Å²) in [6, 6.07) is 23.4. The molecule has 1 N–H and O–H groups in total. The molecule has 3 aromatic carbocycles. The molecule has 0 aliphatic rings. The van der Waals surface area contributed by atoms with E-state index in [4.69, 9.17) is 11.6 Å². The maximum Gasteiger partial charge on any atom is 0.234 e. The fourth-order valence-corrected chi connectivity index (χ4v) is 3.91. The quantitative estimate of drug-likeness (QED) is 0.382. The maximum absolute atomic E-state index is 13.8. The highest BCUT2D eigenvalue weighted by Gasteiger charge is 2.17. The van der Waals surface area contributed by atoms with Crippen molar-refractivity contribution in [1.82, 2.24) is 14.8 Å². The van der Waals surface area contributed by atoms with E-state index in [0.717, 1.165) is 17.1 Å². The van der Waals surface area contributed by atoms with E-state index in [1.165, 1.54) is 23.9 Å². The second kappa shape index (κ2) is 9.76. The fourth-order valence-electron chi connectivity index (χ4n) is 3.02. The van der Waals surface area contributed by atoms with Crippen LogP contribution in [-0.4, -0.2) is 26.4 Å². The zero-order valence-electron chi connectivity index (χ0n) is 16.3. The minimum absolute atomic E-state index is 0.0609. The van der Waals surface area contributed by atoms with Gasteiger partial charge in [-0.2, -0.15) is 0 Å². The van der Waals surface area contributed by atoms with Crippen molar-refractivity contribution < 1.29 is 9.18 Å². The Labute approximate surface area is 188 Å². The lowest BCUT2D eigenvalue weighted by atomic mass is 10.1. The van der Waals surface area contributed by atoms with Crippen molar-refractivity contribution in [3.8, 4) is 5.69 Å². The number of carbonyl (C=O) groups excluding carboxylic acids is 1. The molecule has 156 valence electrons. The lowest BCUT2D eigenvalue weighted by Crippen LogP contribution is -2.15. The van der Waals surface area contributed by atoms with Gasteiger partial charge in [0.2, 0.25) is 5.91 Å².